The first-order valence-corrected chi connectivity index (χ1v) is 7.30. The molecule has 2 aromatic rings. The van der Waals surface area contributed by atoms with E-state index in [4.69, 9.17) is 0 Å². The number of benzene rings is 1. The summed E-state index contributed by atoms with van der Waals surface area (Å²) in [4.78, 5) is 10.4. The van der Waals surface area contributed by atoms with E-state index in [1.54, 1.807) is 0 Å². The molecule has 0 bridgehead atoms. The van der Waals surface area contributed by atoms with Gasteiger partial charge in [0.2, 0.25) is 5.95 Å². The molecule has 0 radical (unpaired) electrons. The molecule has 21 heavy (non-hydrogen) atoms. The van der Waals surface area contributed by atoms with Gasteiger partial charge in [-0.15, -0.1) is 0 Å². The van der Waals surface area contributed by atoms with Gasteiger partial charge in [0.25, 0.3) is 0 Å². The number of rotatable bonds is 4. The topological polar surface area (TPSA) is 41.1 Å². The number of nitrogens with zero attached hydrogens (tertiary/aromatic N) is 3. The Morgan fingerprint density at radius 1 is 1.10 bits per heavy atom. The number of hydrogen-bond donors (Lipinski definition) is 1. The van der Waals surface area contributed by atoms with Crippen LogP contribution in [0.3, 0.4) is 0 Å². The molecule has 1 aromatic carbocycles. The van der Waals surface area contributed by atoms with E-state index in [0.717, 1.165) is 19.6 Å². The van der Waals surface area contributed by atoms with Crippen molar-refractivity contribution in [3.05, 3.63) is 54.1 Å². The Labute approximate surface area is 123 Å². The number of fused-ring (bicyclic) bond motifs is 1. The summed E-state index contributed by atoms with van der Waals surface area (Å²) in [5.74, 6) is 1.47. The van der Waals surface area contributed by atoms with Gasteiger partial charge in [0, 0.05) is 25.7 Å². The van der Waals surface area contributed by atoms with Gasteiger partial charge in [-0.25, -0.2) is 14.4 Å². The molecular weight excluding hydrogens is 267 g/mol. The normalized spacial score (nSPS) is 27.4. The van der Waals surface area contributed by atoms with Crippen LogP contribution in [0.15, 0.2) is 42.7 Å². The molecule has 2 fully saturated rings. The molecule has 1 aromatic heterocycles. The van der Waals surface area contributed by atoms with Crippen molar-refractivity contribution in [2.45, 2.75) is 12.6 Å². The van der Waals surface area contributed by atoms with E-state index < -0.39 is 5.82 Å². The third-order valence-electron chi connectivity index (χ3n) is 4.43. The monoisotopic (exact) mass is 284 g/mol. The van der Waals surface area contributed by atoms with Crippen LogP contribution in [0.5, 0.6) is 0 Å². The molecule has 1 aliphatic carbocycles. The summed E-state index contributed by atoms with van der Waals surface area (Å²) in [6, 6.07) is 11.0. The smallest absolute Gasteiger partial charge is 0.223 e. The number of aromatic nitrogens is 2. The zero-order valence-corrected chi connectivity index (χ0v) is 11.6. The number of hydrogen-bond acceptors (Lipinski definition) is 4. The summed E-state index contributed by atoms with van der Waals surface area (Å²) in [5.41, 5.74) is 1.37. The van der Waals surface area contributed by atoms with E-state index in [0.29, 0.717) is 23.8 Å². The quantitative estimate of drug-likeness (QED) is 0.934. The molecule has 1 saturated heterocycles. The van der Waals surface area contributed by atoms with Crippen LogP contribution in [0, 0.1) is 17.7 Å². The van der Waals surface area contributed by atoms with Gasteiger partial charge in [-0.05, 0) is 17.4 Å². The van der Waals surface area contributed by atoms with Crippen LogP contribution in [-0.4, -0.2) is 34.0 Å². The van der Waals surface area contributed by atoms with E-state index in [1.807, 2.05) is 6.07 Å². The Kier molecular flexibility index (Phi) is 3.07. The second-order valence-corrected chi connectivity index (χ2v) is 5.90. The van der Waals surface area contributed by atoms with Crippen LogP contribution in [0.2, 0.25) is 0 Å². The second kappa shape index (κ2) is 5.07. The zero-order valence-electron chi connectivity index (χ0n) is 11.6. The van der Waals surface area contributed by atoms with Crippen molar-refractivity contribution in [3.8, 4) is 0 Å². The number of halogens is 1. The van der Waals surface area contributed by atoms with E-state index >= 15 is 0 Å². The highest BCUT2D eigenvalue weighted by molar-refractivity contribution is 5.32. The van der Waals surface area contributed by atoms with Crippen molar-refractivity contribution in [1.29, 1.82) is 0 Å². The third kappa shape index (κ3) is 2.61. The van der Waals surface area contributed by atoms with Gasteiger partial charge < -0.3 is 5.32 Å². The number of piperidine rings is 1. The first-order chi connectivity index (χ1) is 10.3. The fraction of sp³-hybridized carbons (Fsp3) is 0.375. The minimum absolute atomic E-state index is 0.398. The summed E-state index contributed by atoms with van der Waals surface area (Å²) in [6.07, 6.45) is 2.41. The molecule has 1 aliphatic heterocycles. The van der Waals surface area contributed by atoms with Gasteiger partial charge in [-0.2, -0.15) is 0 Å². The molecule has 2 aliphatic rings. The first-order valence-electron chi connectivity index (χ1n) is 7.30. The SMILES string of the molecule is Fc1cnc(NC2C3CN(Cc4ccccc4)CC32)nc1. The Hall–Kier alpha value is -2.01. The lowest BCUT2D eigenvalue weighted by molar-refractivity contribution is 0.292. The average molecular weight is 284 g/mol. The number of likely N-dealkylation sites (tertiary alicyclic amines) is 1. The molecule has 5 heteroatoms. The Balaban J connectivity index is 1.30. The molecule has 108 valence electrons. The third-order valence-corrected chi connectivity index (χ3v) is 4.43. The van der Waals surface area contributed by atoms with E-state index in [2.05, 4.69) is 44.5 Å². The Morgan fingerprint density at radius 3 is 2.43 bits per heavy atom. The highest BCUT2D eigenvalue weighted by Gasteiger charge is 2.55. The Bertz CT molecular complexity index is 604. The number of anilines is 1. The van der Waals surface area contributed by atoms with Crippen molar-refractivity contribution in [1.82, 2.24) is 14.9 Å². The highest BCUT2D eigenvalue weighted by atomic mass is 19.1. The highest BCUT2D eigenvalue weighted by Crippen LogP contribution is 2.47. The molecule has 2 unspecified atom stereocenters. The van der Waals surface area contributed by atoms with Gasteiger partial charge in [0.1, 0.15) is 0 Å². The van der Waals surface area contributed by atoms with Crippen LogP contribution in [-0.2, 0) is 6.54 Å². The molecule has 2 atom stereocenters. The van der Waals surface area contributed by atoms with Crippen LogP contribution in [0.25, 0.3) is 0 Å². The molecule has 4 rings (SSSR count). The summed E-state index contributed by atoms with van der Waals surface area (Å²) >= 11 is 0. The maximum absolute atomic E-state index is 12.8. The standard InChI is InChI=1S/C16H17FN4/c17-12-6-18-16(19-7-12)20-15-13-9-21(10-14(13)15)8-11-4-2-1-3-5-11/h1-7,13-15H,8-10H2,(H,18,19,20). The predicted molar refractivity (Wildman–Crippen MR) is 78.1 cm³/mol. The molecule has 4 nitrogen and oxygen atoms in total. The molecule has 2 heterocycles. The summed E-state index contributed by atoms with van der Waals surface area (Å²) in [5, 5.41) is 3.31. The van der Waals surface area contributed by atoms with Crippen molar-refractivity contribution >= 4 is 5.95 Å². The van der Waals surface area contributed by atoms with Crippen LogP contribution >= 0.6 is 0 Å². The molecular formula is C16H17FN4. The fourth-order valence-electron chi connectivity index (χ4n) is 3.33. The second-order valence-electron chi connectivity index (χ2n) is 5.90. The number of nitrogens with one attached hydrogen (secondary N) is 1. The lowest BCUT2D eigenvalue weighted by atomic mass is 10.2. The minimum Gasteiger partial charge on any atom is -0.351 e. The van der Waals surface area contributed by atoms with E-state index in [9.17, 15) is 4.39 Å². The van der Waals surface area contributed by atoms with Gasteiger partial charge in [0.05, 0.1) is 12.4 Å². The largest absolute Gasteiger partial charge is 0.351 e. The first kappa shape index (κ1) is 12.7. The summed E-state index contributed by atoms with van der Waals surface area (Å²) in [7, 11) is 0. The lowest BCUT2D eigenvalue weighted by Crippen LogP contribution is -2.27. The Morgan fingerprint density at radius 2 is 1.76 bits per heavy atom. The van der Waals surface area contributed by atoms with Gasteiger partial charge in [-0.1, -0.05) is 30.3 Å². The minimum atomic E-state index is -0.398. The molecule has 1 N–H and O–H groups in total. The molecule has 0 amide bonds. The van der Waals surface area contributed by atoms with E-state index in [-0.39, 0.29) is 0 Å². The summed E-state index contributed by atoms with van der Waals surface area (Å²) in [6.45, 7) is 3.24. The lowest BCUT2D eigenvalue weighted by Gasteiger charge is -2.19. The maximum Gasteiger partial charge on any atom is 0.223 e. The van der Waals surface area contributed by atoms with Crippen molar-refractivity contribution in [2.75, 3.05) is 18.4 Å². The summed E-state index contributed by atoms with van der Waals surface area (Å²) < 4.78 is 12.8. The van der Waals surface area contributed by atoms with E-state index in [1.165, 1.54) is 18.0 Å². The van der Waals surface area contributed by atoms with Crippen molar-refractivity contribution < 1.29 is 4.39 Å². The van der Waals surface area contributed by atoms with Crippen LogP contribution in [0.1, 0.15) is 5.56 Å². The van der Waals surface area contributed by atoms with Gasteiger partial charge >= 0.3 is 0 Å². The van der Waals surface area contributed by atoms with Gasteiger partial charge in [0.15, 0.2) is 5.82 Å². The van der Waals surface area contributed by atoms with Crippen molar-refractivity contribution in [3.63, 3.8) is 0 Å². The van der Waals surface area contributed by atoms with Crippen LogP contribution in [0.4, 0.5) is 10.3 Å². The van der Waals surface area contributed by atoms with Crippen molar-refractivity contribution in [2.24, 2.45) is 11.8 Å². The fourth-order valence-corrected chi connectivity index (χ4v) is 3.33. The van der Waals surface area contributed by atoms with Crippen LogP contribution < -0.4 is 5.32 Å². The predicted octanol–water partition coefficient (Wildman–Crippen LogP) is 2.16. The molecule has 0 spiro atoms. The zero-order chi connectivity index (χ0) is 14.2. The average Bonchev–Trinajstić information content (AvgIpc) is 2.94. The molecule has 1 saturated carbocycles. The van der Waals surface area contributed by atoms with Gasteiger partial charge in [-0.3, -0.25) is 4.90 Å². The maximum atomic E-state index is 12.8.